The van der Waals surface area contributed by atoms with Gasteiger partial charge >= 0.3 is 0 Å². The molecule has 1 aliphatic heterocycles. The van der Waals surface area contributed by atoms with Gasteiger partial charge in [-0.1, -0.05) is 35.9 Å². The maximum absolute atomic E-state index is 10.3. The second-order valence-electron chi connectivity index (χ2n) is 7.01. The third-order valence-electron chi connectivity index (χ3n) is 4.88. The molecule has 1 atom stereocenters. The van der Waals surface area contributed by atoms with Crippen molar-refractivity contribution in [3.8, 4) is 5.75 Å². The van der Waals surface area contributed by atoms with Crippen molar-refractivity contribution >= 4 is 5.69 Å². The minimum Gasteiger partial charge on any atom is -0.490 e. The van der Waals surface area contributed by atoms with Crippen LogP contribution < -0.4 is 14.5 Å². The predicted molar refractivity (Wildman–Crippen MR) is 102 cm³/mol. The topological polar surface area (TPSA) is 37.1 Å². The Kier molecular flexibility index (Phi) is 5.95. The molecule has 4 heteroatoms. The summed E-state index contributed by atoms with van der Waals surface area (Å²) in [5.74, 6) is 0.869. The average Bonchev–Trinajstić information content (AvgIpc) is 2.62. The number of nitrogens with zero attached hydrogens (tertiary/aromatic N) is 1. The third kappa shape index (κ3) is 4.97. The first kappa shape index (κ1) is 17.8. The van der Waals surface area contributed by atoms with Gasteiger partial charge in [0.1, 0.15) is 25.0 Å². The lowest BCUT2D eigenvalue weighted by Gasteiger charge is -2.34. The maximum atomic E-state index is 10.3. The zero-order valence-electron chi connectivity index (χ0n) is 15.2. The Bertz CT molecular complexity index is 667. The fourth-order valence-corrected chi connectivity index (χ4v) is 3.46. The minimum absolute atomic E-state index is 0.357. The molecule has 25 heavy (non-hydrogen) atoms. The van der Waals surface area contributed by atoms with Gasteiger partial charge in [0.25, 0.3) is 0 Å². The van der Waals surface area contributed by atoms with Crippen molar-refractivity contribution in [2.24, 2.45) is 0 Å². The molecule has 0 spiro atoms. The van der Waals surface area contributed by atoms with Crippen LogP contribution in [0.2, 0.25) is 0 Å². The average molecular weight is 341 g/mol. The van der Waals surface area contributed by atoms with Gasteiger partial charge in [-0.3, -0.25) is 0 Å². The summed E-state index contributed by atoms with van der Waals surface area (Å²) in [4.78, 5) is 3.87. The van der Waals surface area contributed by atoms with Crippen LogP contribution in [0.3, 0.4) is 0 Å². The monoisotopic (exact) mass is 341 g/mol. The van der Waals surface area contributed by atoms with Crippen molar-refractivity contribution in [3.63, 3.8) is 0 Å². The third-order valence-corrected chi connectivity index (χ3v) is 4.88. The van der Waals surface area contributed by atoms with Crippen LogP contribution in [0.4, 0.5) is 5.69 Å². The second kappa shape index (κ2) is 8.37. The lowest BCUT2D eigenvalue weighted by atomic mass is 10.1. The number of rotatable bonds is 6. The van der Waals surface area contributed by atoms with Crippen molar-refractivity contribution in [2.45, 2.75) is 20.0 Å². The zero-order valence-corrected chi connectivity index (χ0v) is 15.2. The molecule has 1 saturated heterocycles. The fourth-order valence-electron chi connectivity index (χ4n) is 3.46. The molecular weight excluding hydrogens is 312 g/mol. The highest BCUT2D eigenvalue weighted by Gasteiger charge is 2.22. The van der Waals surface area contributed by atoms with Crippen LogP contribution in [0.5, 0.6) is 5.75 Å². The molecule has 1 fully saturated rings. The van der Waals surface area contributed by atoms with Crippen LogP contribution in [0, 0.1) is 13.8 Å². The molecule has 0 bridgehead atoms. The highest BCUT2D eigenvalue weighted by Crippen LogP contribution is 2.18. The van der Waals surface area contributed by atoms with Gasteiger partial charge in [0.15, 0.2) is 0 Å². The van der Waals surface area contributed by atoms with Gasteiger partial charge < -0.3 is 19.6 Å². The summed E-state index contributed by atoms with van der Waals surface area (Å²) >= 11 is 0. The number of anilines is 1. The fraction of sp³-hybridized carbons (Fsp3) is 0.429. The van der Waals surface area contributed by atoms with Crippen LogP contribution in [0.1, 0.15) is 11.1 Å². The molecule has 3 rings (SSSR count). The van der Waals surface area contributed by atoms with Crippen molar-refractivity contribution < 1.29 is 14.7 Å². The minimum atomic E-state index is -0.432. The first-order valence-corrected chi connectivity index (χ1v) is 9.13. The summed E-state index contributed by atoms with van der Waals surface area (Å²) < 4.78 is 5.81. The van der Waals surface area contributed by atoms with E-state index < -0.39 is 6.10 Å². The van der Waals surface area contributed by atoms with Gasteiger partial charge in [0.2, 0.25) is 0 Å². The number of benzene rings is 2. The van der Waals surface area contributed by atoms with Gasteiger partial charge in [-0.2, -0.15) is 0 Å². The molecule has 0 radical (unpaired) electrons. The molecule has 0 aromatic heterocycles. The molecule has 1 aliphatic rings. The number of piperazine rings is 1. The van der Waals surface area contributed by atoms with Crippen molar-refractivity contribution in [2.75, 3.05) is 44.2 Å². The Morgan fingerprint density at radius 2 is 1.80 bits per heavy atom. The van der Waals surface area contributed by atoms with Gasteiger partial charge in [0.05, 0.1) is 26.2 Å². The highest BCUT2D eigenvalue weighted by atomic mass is 16.5. The van der Waals surface area contributed by atoms with E-state index in [2.05, 4.69) is 48.2 Å². The molecule has 1 heterocycles. The lowest BCUT2D eigenvalue weighted by Crippen LogP contribution is -3.16. The highest BCUT2D eigenvalue weighted by molar-refractivity contribution is 5.46. The number of aryl methyl sites for hydroxylation is 2. The Morgan fingerprint density at radius 1 is 1.08 bits per heavy atom. The van der Waals surface area contributed by atoms with E-state index in [0.717, 1.165) is 44.0 Å². The summed E-state index contributed by atoms with van der Waals surface area (Å²) in [7, 11) is 0. The van der Waals surface area contributed by atoms with E-state index in [1.807, 2.05) is 19.1 Å². The van der Waals surface area contributed by atoms with Crippen LogP contribution in [0.15, 0.2) is 48.5 Å². The number of aliphatic hydroxyl groups excluding tert-OH is 1. The van der Waals surface area contributed by atoms with Crippen LogP contribution in [-0.4, -0.2) is 50.5 Å². The Labute approximate surface area is 150 Å². The molecule has 2 aromatic carbocycles. The van der Waals surface area contributed by atoms with Gasteiger partial charge in [-0.15, -0.1) is 0 Å². The van der Waals surface area contributed by atoms with Crippen molar-refractivity contribution in [1.82, 2.24) is 0 Å². The number of hydrogen-bond donors (Lipinski definition) is 2. The van der Waals surface area contributed by atoms with E-state index >= 15 is 0 Å². The Balaban J connectivity index is 1.42. The summed E-state index contributed by atoms with van der Waals surface area (Å²) in [6.07, 6.45) is -0.432. The predicted octanol–water partition coefficient (Wildman–Crippen LogP) is 1.45. The quantitative estimate of drug-likeness (QED) is 0.835. The normalized spacial score (nSPS) is 16.7. The first-order chi connectivity index (χ1) is 12.1. The van der Waals surface area contributed by atoms with E-state index in [-0.39, 0.29) is 0 Å². The molecule has 2 N–H and O–H groups in total. The van der Waals surface area contributed by atoms with Crippen LogP contribution in [0.25, 0.3) is 0 Å². The van der Waals surface area contributed by atoms with Crippen molar-refractivity contribution in [1.29, 1.82) is 0 Å². The van der Waals surface area contributed by atoms with E-state index in [1.54, 1.807) is 0 Å². The van der Waals surface area contributed by atoms with Gasteiger partial charge in [-0.05, 0) is 37.6 Å². The number of hydrogen-bond acceptors (Lipinski definition) is 3. The molecule has 0 aliphatic carbocycles. The molecule has 0 saturated carbocycles. The zero-order chi connectivity index (χ0) is 17.6. The van der Waals surface area contributed by atoms with E-state index in [4.69, 9.17) is 4.74 Å². The standard InChI is InChI=1S/C21H28N2O2/c1-17-8-9-21(18(2)14-17)25-16-20(24)15-22-10-12-23(13-11-22)19-6-4-3-5-7-19/h3-9,14,20,24H,10-13,15-16H2,1-2H3/p+1/t20-/m1/s1. The van der Waals surface area contributed by atoms with Crippen LogP contribution >= 0.6 is 0 Å². The molecule has 134 valence electrons. The largest absolute Gasteiger partial charge is 0.490 e. The second-order valence-corrected chi connectivity index (χ2v) is 7.01. The first-order valence-electron chi connectivity index (χ1n) is 9.13. The summed E-state index contributed by atoms with van der Waals surface area (Å²) in [6, 6.07) is 16.7. The lowest BCUT2D eigenvalue weighted by molar-refractivity contribution is -0.903. The maximum Gasteiger partial charge on any atom is 0.137 e. The van der Waals surface area contributed by atoms with Gasteiger partial charge in [-0.25, -0.2) is 0 Å². The molecule has 4 nitrogen and oxygen atoms in total. The van der Waals surface area contributed by atoms with Crippen molar-refractivity contribution in [3.05, 3.63) is 59.7 Å². The molecule has 2 aromatic rings. The van der Waals surface area contributed by atoms with Crippen LogP contribution in [-0.2, 0) is 0 Å². The summed E-state index contributed by atoms with van der Waals surface area (Å²) in [5, 5.41) is 10.3. The Morgan fingerprint density at radius 3 is 2.48 bits per heavy atom. The SMILES string of the molecule is Cc1ccc(OC[C@H](O)C[NH+]2CCN(c3ccccc3)CC2)c(C)c1. The number of aliphatic hydroxyl groups is 1. The number of nitrogens with one attached hydrogen (secondary N) is 1. The molecular formula is C21H29N2O2+. The number of quaternary nitrogens is 1. The smallest absolute Gasteiger partial charge is 0.137 e. The summed E-state index contributed by atoms with van der Waals surface area (Å²) in [5.41, 5.74) is 3.64. The molecule has 0 unspecified atom stereocenters. The molecule has 0 amide bonds. The Hall–Kier alpha value is -2.04. The van der Waals surface area contributed by atoms with E-state index in [0.29, 0.717) is 6.61 Å². The van der Waals surface area contributed by atoms with E-state index in [9.17, 15) is 5.11 Å². The van der Waals surface area contributed by atoms with Gasteiger partial charge in [0, 0.05) is 5.69 Å². The van der Waals surface area contributed by atoms with E-state index in [1.165, 1.54) is 16.2 Å². The number of ether oxygens (including phenoxy) is 1. The number of para-hydroxylation sites is 1. The summed E-state index contributed by atoms with van der Waals surface area (Å²) in [6.45, 7) is 9.38.